The monoisotopic (exact) mass is 285 g/mol. The zero-order valence-electron chi connectivity index (χ0n) is 8.64. The lowest BCUT2D eigenvalue weighted by atomic mass is 10.3. The van der Waals surface area contributed by atoms with Gasteiger partial charge in [0.1, 0.15) is 10.7 Å². The van der Waals surface area contributed by atoms with Crippen LogP contribution in [-0.4, -0.2) is 22.6 Å². The standard InChI is InChI=1S/C8H9F2NO4S2/c1-2-16(12,13)11-8-4-3-6(5-7(8)9)17(10,14)15/h3-5,11H,2H2,1H3. The fourth-order valence-corrected chi connectivity index (χ4v) is 2.09. The fraction of sp³-hybridized carbons (Fsp3) is 0.250. The quantitative estimate of drug-likeness (QED) is 0.844. The Morgan fingerprint density at radius 3 is 2.24 bits per heavy atom. The fourth-order valence-electron chi connectivity index (χ4n) is 0.970. The van der Waals surface area contributed by atoms with E-state index in [2.05, 4.69) is 0 Å². The van der Waals surface area contributed by atoms with Crippen molar-refractivity contribution in [2.24, 2.45) is 0 Å². The summed E-state index contributed by atoms with van der Waals surface area (Å²) in [6.07, 6.45) is 0. The number of hydrogen-bond acceptors (Lipinski definition) is 4. The van der Waals surface area contributed by atoms with E-state index < -0.39 is 36.6 Å². The molecule has 0 saturated carbocycles. The predicted octanol–water partition coefficient (Wildman–Crippen LogP) is 1.25. The van der Waals surface area contributed by atoms with Gasteiger partial charge < -0.3 is 0 Å². The summed E-state index contributed by atoms with van der Waals surface area (Å²) in [6, 6.07) is 2.02. The molecule has 17 heavy (non-hydrogen) atoms. The molecule has 1 aromatic rings. The molecule has 5 nitrogen and oxygen atoms in total. The first-order chi connectivity index (χ1) is 7.65. The highest BCUT2D eigenvalue weighted by atomic mass is 32.3. The molecule has 0 unspecified atom stereocenters. The molecule has 0 radical (unpaired) electrons. The van der Waals surface area contributed by atoms with E-state index in [1.165, 1.54) is 6.92 Å². The van der Waals surface area contributed by atoms with Crippen molar-refractivity contribution in [2.75, 3.05) is 10.5 Å². The number of anilines is 1. The van der Waals surface area contributed by atoms with Gasteiger partial charge in [-0.15, -0.1) is 3.89 Å². The normalized spacial score (nSPS) is 12.4. The van der Waals surface area contributed by atoms with Crippen molar-refractivity contribution >= 4 is 25.9 Å². The Bertz CT molecular complexity index is 625. The van der Waals surface area contributed by atoms with Gasteiger partial charge in [0.05, 0.1) is 11.4 Å². The van der Waals surface area contributed by atoms with Crippen LogP contribution in [0.3, 0.4) is 0 Å². The summed E-state index contributed by atoms with van der Waals surface area (Å²) in [5.41, 5.74) is -0.431. The molecule has 0 spiro atoms. The number of benzene rings is 1. The van der Waals surface area contributed by atoms with Crippen molar-refractivity contribution in [2.45, 2.75) is 11.8 Å². The highest BCUT2D eigenvalue weighted by Crippen LogP contribution is 2.21. The van der Waals surface area contributed by atoms with Crippen molar-refractivity contribution in [3.05, 3.63) is 24.0 Å². The van der Waals surface area contributed by atoms with E-state index in [-0.39, 0.29) is 5.75 Å². The summed E-state index contributed by atoms with van der Waals surface area (Å²) in [4.78, 5) is -0.866. The van der Waals surface area contributed by atoms with E-state index >= 15 is 0 Å². The molecule has 96 valence electrons. The summed E-state index contributed by atoms with van der Waals surface area (Å²) in [5.74, 6) is -1.43. The summed E-state index contributed by atoms with van der Waals surface area (Å²) >= 11 is 0. The lowest BCUT2D eigenvalue weighted by molar-refractivity contribution is 0.549. The minimum atomic E-state index is -5.01. The van der Waals surface area contributed by atoms with Crippen LogP contribution in [0.15, 0.2) is 23.1 Å². The van der Waals surface area contributed by atoms with Crippen molar-refractivity contribution in [3.63, 3.8) is 0 Å². The summed E-state index contributed by atoms with van der Waals surface area (Å²) in [5, 5.41) is 0. The molecule has 1 aromatic carbocycles. The first-order valence-electron chi connectivity index (χ1n) is 4.40. The van der Waals surface area contributed by atoms with Crippen LogP contribution in [0, 0.1) is 5.82 Å². The third-order valence-corrected chi connectivity index (χ3v) is 3.98. The molecule has 0 amide bonds. The van der Waals surface area contributed by atoms with E-state index in [0.29, 0.717) is 6.07 Å². The maximum atomic E-state index is 13.3. The van der Waals surface area contributed by atoms with Crippen molar-refractivity contribution in [3.8, 4) is 0 Å². The Kier molecular flexibility index (Phi) is 3.72. The number of nitrogens with one attached hydrogen (secondary N) is 1. The second kappa shape index (κ2) is 4.57. The molecule has 0 heterocycles. The van der Waals surface area contributed by atoms with E-state index in [1.54, 1.807) is 0 Å². The lowest BCUT2D eigenvalue weighted by Crippen LogP contribution is -2.15. The topological polar surface area (TPSA) is 80.3 Å². The molecular formula is C8H9F2NO4S2. The van der Waals surface area contributed by atoms with Crippen LogP contribution in [0.5, 0.6) is 0 Å². The van der Waals surface area contributed by atoms with Gasteiger partial charge in [-0.2, -0.15) is 8.42 Å². The molecule has 9 heteroatoms. The third kappa shape index (κ3) is 3.63. The lowest BCUT2D eigenvalue weighted by Gasteiger charge is -2.07. The molecule has 0 bridgehead atoms. The van der Waals surface area contributed by atoms with Gasteiger partial charge in [0, 0.05) is 0 Å². The van der Waals surface area contributed by atoms with Crippen LogP contribution in [0.4, 0.5) is 14.0 Å². The highest BCUT2D eigenvalue weighted by molar-refractivity contribution is 7.92. The maximum Gasteiger partial charge on any atom is 0.332 e. The summed E-state index contributed by atoms with van der Waals surface area (Å²) in [7, 11) is -8.69. The molecule has 0 fully saturated rings. The maximum absolute atomic E-state index is 13.3. The van der Waals surface area contributed by atoms with Gasteiger partial charge in [-0.1, -0.05) is 0 Å². The molecule has 1 rings (SSSR count). The first kappa shape index (κ1) is 13.8. The van der Waals surface area contributed by atoms with Crippen LogP contribution >= 0.6 is 0 Å². The molecule has 0 aliphatic carbocycles. The average Bonchev–Trinajstić information content (AvgIpc) is 2.19. The molecule has 0 atom stereocenters. The zero-order valence-corrected chi connectivity index (χ0v) is 10.3. The largest absolute Gasteiger partial charge is 0.332 e. The smallest absolute Gasteiger partial charge is 0.281 e. The Hall–Kier alpha value is -1.22. The van der Waals surface area contributed by atoms with Crippen LogP contribution in [0.1, 0.15) is 6.92 Å². The summed E-state index contributed by atoms with van der Waals surface area (Å²) < 4.78 is 70.9. The molecule has 0 aliphatic heterocycles. The second-order valence-electron chi connectivity index (χ2n) is 3.08. The summed E-state index contributed by atoms with van der Waals surface area (Å²) in [6.45, 7) is 1.35. The molecule has 0 saturated heterocycles. The second-order valence-corrected chi connectivity index (χ2v) is 6.44. The first-order valence-corrected chi connectivity index (χ1v) is 7.44. The number of halogens is 2. The van der Waals surface area contributed by atoms with Gasteiger partial charge in [0.2, 0.25) is 10.0 Å². The van der Waals surface area contributed by atoms with Gasteiger partial charge in [0.15, 0.2) is 0 Å². The minimum Gasteiger partial charge on any atom is -0.281 e. The van der Waals surface area contributed by atoms with Crippen molar-refractivity contribution in [1.82, 2.24) is 0 Å². The Labute approximate surface area is 97.7 Å². The van der Waals surface area contributed by atoms with Gasteiger partial charge >= 0.3 is 10.2 Å². The number of hydrogen-bond donors (Lipinski definition) is 1. The zero-order chi connectivity index (χ0) is 13.3. The molecule has 1 N–H and O–H groups in total. The predicted molar refractivity (Wildman–Crippen MR) is 57.8 cm³/mol. The van der Waals surface area contributed by atoms with Crippen LogP contribution in [0.25, 0.3) is 0 Å². The molecule has 0 aromatic heterocycles. The van der Waals surface area contributed by atoms with Gasteiger partial charge in [0.25, 0.3) is 0 Å². The van der Waals surface area contributed by atoms with Gasteiger partial charge in [-0.3, -0.25) is 4.72 Å². The van der Waals surface area contributed by atoms with E-state index in [4.69, 9.17) is 0 Å². The number of sulfonamides is 1. The minimum absolute atomic E-state index is 0.268. The Balaban J connectivity index is 3.16. The van der Waals surface area contributed by atoms with Crippen molar-refractivity contribution < 1.29 is 25.1 Å². The van der Waals surface area contributed by atoms with E-state index in [9.17, 15) is 25.1 Å². The van der Waals surface area contributed by atoms with Crippen LogP contribution in [0.2, 0.25) is 0 Å². The van der Waals surface area contributed by atoms with Gasteiger partial charge in [-0.25, -0.2) is 12.8 Å². The van der Waals surface area contributed by atoms with Crippen molar-refractivity contribution in [1.29, 1.82) is 0 Å². The van der Waals surface area contributed by atoms with Crippen LogP contribution < -0.4 is 4.72 Å². The van der Waals surface area contributed by atoms with Crippen LogP contribution in [-0.2, 0) is 20.2 Å². The SMILES string of the molecule is CCS(=O)(=O)Nc1ccc(S(=O)(=O)F)cc1F. The Morgan fingerprint density at radius 1 is 1.24 bits per heavy atom. The van der Waals surface area contributed by atoms with E-state index in [0.717, 1.165) is 12.1 Å². The third-order valence-electron chi connectivity index (χ3n) is 1.87. The number of rotatable bonds is 4. The average molecular weight is 285 g/mol. The highest BCUT2D eigenvalue weighted by Gasteiger charge is 2.16. The van der Waals surface area contributed by atoms with E-state index in [1.807, 2.05) is 4.72 Å². The Morgan fingerprint density at radius 2 is 1.82 bits per heavy atom. The molecular weight excluding hydrogens is 276 g/mol. The molecule has 0 aliphatic rings. The van der Waals surface area contributed by atoms with Gasteiger partial charge in [-0.05, 0) is 25.1 Å².